The molecule has 2 fully saturated rings. The number of carbonyl (C=O) groups excluding carboxylic acids is 1. The lowest BCUT2D eigenvalue weighted by Crippen LogP contribution is -2.36. The Morgan fingerprint density at radius 1 is 1.19 bits per heavy atom. The molecule has 4 rings (SSSR count). The minimum absolute atomic E-state index is 0.0438. The number of aromatic nitrogens is 1. The van der Waals surface area contributed by atoms with E-state index < -0.39 is 23.5 Å². The number of guanidine groups is 1. The Hall–Kier alpha value is -3.41. The molecular formula is C25H29F4N5O3. The zero-order valence-electron chi connectivity index (χ0n) is 20.6. The highest BCUT2D eigenvalue weighted by atomic mass is 19.4. The highest BCUT2D eigenvalue weighted by Crippen LogP contribution is 2.33. The summed E-state index contributed by atoms with van der Waals surface area (Å²) in [6.45, 7) is 3.65. The summed E-state index contributed by atoms with van der Waals surface area (Å²) in [5.74, 6) is -0.956. The van der Waals surface area contributed by atoms with E-state index in [-0.39, 0.29) is 34.7 Å². The number of H-pyrrole nitrogens is 1. The highest BCUT2D eigenvalue weighted by Gasteiger charge is 2.32. The standard InChI is InChI=1S/C25H29F4N5O3/c1-15(16-5-6-16)31-24(33-22-11-17(14-30-22)25(27,28)29)32-20-13-19(26)18(12-21(20)36-2)23(35)34-7-3-4-9-37-10-8-34/h11-14,16,30H,3-10H2,1-2H3,(H,32,33)/b31-15+. The van der Waals surface area contributed by atoms with E-state index in [0.717, 1.165) is 49.7 Å². The summed E-state index contributed by atoms with van der Waals surface area (Å²) >= 11 is 0. The molecule has 200 valence electrons. The van der Waals surface area contributed by atoms with Crippen LogP contribution < -0.4 is 10.1 Å². The van der Waals surface area contributed by atoms with Gasteiger partial charge in [-0.25, -0.2) is 9.38 Å². The van der Waals surface area contributed by atoms with Gasteiger partial charge >= 0.3 is 6.18 Å². The Balaban J connectivity index is 1.63. The van der Waals surface area contributed by atoms with Gasteiger partial charge in [0.1, 0.15) is 17.4 Å². The molecule has 37 heavy (non-hydrogen) atoms. The zero-order valence-corrected chi connectivity index (χ0v) is 20.6. The predicted molar refractivity (Wildman–Crippen MR) is 131 cm³/mol. The Labute approximate surface area is 211 Å². The number of nitrogens with one attached hydrogen (secondary N) is 2. The van der Waals surface area contributed by atoms with Gasteiger partial charge in [-0.1, -0.05) is 0 Å². The molecule has 1 saturated carbocycles. The number of hydrogen-bond acceptors (Lipinski definition) is 4. The fraction of sp³-hybridized carbons (Fsp3) is 0.480. The van der Waals surface area contributed by atoms with Crippen LogP contribution in [0.4, 0.5) is 29.1 Å². The van der Waals surface area contributed by atoms with Gasteiger partial charge in [0, 0.05) is 37.7 Å². The number of aliphatic imine (C=N–C) groups is 2. The number of rotatable bonds is 5. The smallest absolute Gasteiger partial charge is 0.417 e. The van der Waals surface area contributed by atoms with Gasteiger partial charge in [-0.2, -0.15) is 18.2 Å². The summed E-state index contributed by atoms with van der Waals surface area (Å²) in [5.41, 5.74) is -0.159. The third-order valence-corrected chi connectivity index (χ3v) is 6.20. The third kappa shape index (κ3) is 6.88. The number of aromatic amines is 1. The topological polar surface area (TPSA) is 91.3 Å². The largest absolute Gasteiger partial charge is 0.495 e. The number of nitrogens with zero attached hydrogens (tertiary/aromatic N) is 3. The predicted octanol–water partition coefficient (Wildman–Crippen LogP) is 5.40. The number of benzene rings is 1. The molecule has 1 amide bonds. The van der Waals surface area contributed by atoms with Crippen LogP contribution in [-0.4, -0.2) is 60.9 Å². The van der Waals surface area contributed by atoms with Gasteiger partial charge in [0.2, 0.25) is 5.96 Å². The molecule has 1 aliphatic carbocycles. The Morgan fingerprint density at radius 2 is 1.97 bits per heavy atom. The monoisotopic (exact) mass is 523 g/mol. The van der Waals surface area contributed by atoms with Crippen LogP contribution in [-0.2, 0) is 10.9 Å². The second-order valence-corrected chi connectivity index (χ2v) is 9.00. The Bertz CT molecular complexity index is 1180. The minimum atomic E-state index is -4.53. The maximum Gasteiger partial charge on any atom is 0.417 e. The molecule has 0 spiro atoms. The quantitative estimate of drug-likeness (QED) is 0.312. The molecule has 2 N–H and O–H groups in total. The second kappa shape index (κ2) is 11.3. The van der Waals surface area contributed by atoms with Crippen LogP contribution in [0.2, 0.25) is 0 Å². The van der Waals surface area contributed by atoms with E-state index in [4.69, 9.17) is 9.47 Å². The molecular weight excluding hydrogens is 494 g/mol. The molecule has 0 unspecified atom stereocenters. The summed E-state index contributed by atoms with van der Waals surface area (Å²) in [4.78, 5) is 25.7. The van der Waals surface area contributed by atoms with Crippen molar-refractivity contribution in [2.45, 2.75) is 38.8 Å². The van der Waals surface area contributed by atoms with Gasteiger partial charge < -0.3 is 24.7 Å². The molecule has 1 aromatic heterocycles. The lowest BCUT2D eigenvalue weighted by molar-refractivity contribution is -0.137. The van der Waals surface area contributed by atoms with Crippen molar-refractivity contribution in [2.75, 3.05) is 38.7 Å². The van der Waals surface area contributed by atoms with Gasteiger partial charge in [0.05, 0.1) is 30.5 Å². The number of anilines is 1. The first kappa shape index (κ1) is 26.6. The molecule has 1 aromatic carbocycles. The summed E-state index contributed by atoms with van der Waals surface area (Å²) in [6.07, 6.45) is -0.244. The highest BCUT2D eigenvalue weighted by molar-refractivity contribution is 6.05. The molecule has 2 aliphatic rings. The number of alkyl halides is 3. The van der Waals surface area contributed by atoms with Gasteiger partial charge in [-0.15, -0.1) is 0 Å². The molecule has 0 atom stereocenters. The van der Waals surface area contributed by atoms with Gasteiger partial charge in [0.15, 0.2) is 0 Å². The van der Waals surface area contributed by atoms with Crippen LogP contribution in [0, 0.1) is 11.7 Å². The molecule has 0 bridgehead atoms. The maximum absolute atomic E-state index is 15.2. The van der Waals surface area contributed by atoms with E-state index in [2.05, 4.69) is 20.3 Å². The van der Waals surface area contributed by atoms with E-state index in [1.807, 2.05) is 0 Å². The first-order valence-electron chi connectivity index (χ1n) is 12.1. The number of hydrogen-bond donors (Lipinski definition) is 2. The van der Waals surface area contributed by atoms with E-state index >= 15 is 4.39 Å². The number of halogens is 4. The molecule has 0 radical (unpaired) electrons. The lowest BCUT2D eigenvalue weighted by atomic mass is 10.1. The Morgan fingerprint density at radius 3 is 2.65 bits per heavy atom. The van der Waals surface area contributed by atoms with E-state index in [1.165, 1.54) is 13.2 Å². The van der Waals surface area contributed by atoms with Crippen LogP contribution in [0.25, 0.3) is 0 Å². The molecule has 8 nitrogen and oxygen atoms in total. The van der Waals surface area contributed by atoms with E-state index in [9.17, 15) is 18.0 Å². The minimum Gasteiger partial charge on any atom is -0.495 e. The van der Waals surface area contributed by atoms with Crippen LogP contribution >= 0.6 is 0 Å². The molecule has 1 saturated heterocycles. The molecule has 12 heteroatoms. The van der Waals surface area contributed by atoms with Crippen molar-refractivity contribution < 1.29 is 31.8 Å². The molecule has 2 heterocycles. The van der Waals surface area contributed by atoms with Crippen molar-refractivity contribution in [1.29, 1.82) is 0 Å². The van der Waals surface area contributed by atoms with Crippen LogP contribution in [0.3, 0.4) is 0 Å². The van der Waals surface area contributed by atoms with Crippen molar-refractivity contribution >= 4 is 29.1 Å². The molecule has 1 aliphatic heterocycles. The van der Waals surface area contributed by atoms with E-state index in [0.29, 0.717) is 26.3 Å². The van der Waals surface area contributed by atoms with Crippen molar-refractivity contribution in [2.24, 2.45) is 15.9 Å². The van der Waals surface area contributed by atoms with Crippen LogP contribution in [0.1, 0.15) is 48.5 Å². The zero-order chi connectivity index (χ0) is 26.6. The van der Waals surface area contributed by atoms with Crippen molar-refractivity contribution in [3.63, 3.8) is 0 Å². The first-order chi connectivity index (χ1) is 17.7. The molecule has 2 aromatic rings. The van der Waals surface area contributed by atoms with E-state index in [1.54, 1.807) is 11.8 Å². The number of amides is 1. The lowest BCUT2D eigenvalue weighted by Gasteiger charge is -2.25. The van der Waals surface area contributed by atoms with Gasteiger partial charge in [-0.05, 0) is 50.7 Å². The number of ether oxygens (including phenoxy) is 2. The summed E-state index contributed by atoms with van der Waals surface area (Å²) in [7, 11) is 1.37. The summed E-state index contributed by atoms with van der Waals surface area (Å²) < 4.78 is 65.1. The number of methoxy groups -OCH3 is 1. The van der Waals surface area contributed by atoms with Gasteiger partial charge in [0.25, 0.3) is 5.91 Å². The fourth-order valence-corrected chi connectivity index (χ4v) is 3.94. The second-order valence-electron chi connectivity index (χ2n) is 9.00. The number of carbonyl (C=O) groups is 1. The fourth-order valence-electron chi connectivity index (χ4n) is 3.94. The van der Waals surface area contributed by atoms with Crippen LogP contribution in [0.15, 0.2) is 34.4 Å². The van der Waals surface area contributed by atoms with Crippen molar-refractivity contribution in [3.8, 4) is 5.75 Å². The third-order valence-electron chi connectivity index (χ3n) is 6.20. The summed E-state index contributed by atoms with van der Waals surface area (Å²) in [5, 5.41) is 2.86. The normalized spacial score (nSPS) is 17.8. The summed E-state index contributed by atoms with van der Waals surface area (Å²) in [6, 6.07) is 3.25. The average molecular weight is 524 g/mol. The van der Waals surface area contributed by atoms with Crippen molar-refractivity contribution in [1.82, 2.24) is 9.88 Å². The average Bonchev–Trinajstić information content (AvgIpc) is 3.56. The van der Waals surface area contributed by atoms with Crippen LogP contribution in [0.5, 0.6) is 5.75 Å². The Kier molecular flexibility index (Phi) is 8.16. The maximum atomic E-state index is 15.2. The van der Waals surface area contributed by atoms with Gasteiger partial charge in [-0.3, -0.25) is 4.79 Å². The SMILES string of the molecule is COc1cc(C(=O)N2CCCCOCC2)c(F)cc1NC(=N/c1cc(C(F)(F)F)c[nH]1)/N=C(\C)C1CC1. The first-order valence-corrected chi connectivity index (χ1v) is 12.1. The van der Waals surface area contributed by atoms with Crippen molar-refractivity contribution in [3.05, 3.63) is 41.3 Å².